The molecule has 2 atom stereocenters. The van der Waals surface area contributed by atoms with Crippen molar-refractivity contribution in [3.8, 4) is 0 Å². The highest BCUT2D eigenvalue weighted by atomic mass is 16.5. The minimum atomic E-state index is -0.432. The molecule has 104 valence electrons. The third-order valence-electron chi connectivity index (χ3n) is 3.42. The van der Waals surface area contributed by atoms with Gasteiger partial charge in [-0.3, -0.25) is 0 Å². The van der Waals surface area contributed by atoms with Crippen LogP contribution < -0.4 is 10.6 Å². The fourth-order valence-corrected chi connectivity index (χ4v) is 2.25. The summed E-state index contributed by atoms with van der Waals surface area (Å²) in [5, 5.41) is 0. The number of aromatic nitrogens is 1. The summed E-state index contributed by atoms with van der Waals surface area (Å²) in [5.41, 5.74) is 7.24. The Bertz CT molecular complexity index is 453. The summed E-state index contributed by atoms with van der Waals surface area (Å²) < 4.78 is 10.1. The smallest absolute Gasteiger partial charge is 0.356 e. The predicted molar refractivity (Wildman–Crippen MR) is 71.2 cm³/mol. The molecule has 19 heavy (non-hydrogen) atoms. The van der Waals surface area contributed by atoms with Gasteiger partial charge >= 0.3 is 5.97 Å². The van der Waals surface area contributed by atoms with Crippen molar-refractivity contribution < 1.29 is 14.3 Å². The first kappa shape index (κ1) is 13.8. The number of nitrogens with two attached hydrogens (primary N) is 1. The molecular formula is C13H19N3O3. The standard InChI is InChI=1S/C13H19N3O3/c1-18-12-8-16(6-4-10(12)14)9-3-5-15-11(7-9)13(17)19-2/h3,5,7,10,12H,4,6,8,14H2,1-2H3/t10-,12+/m0/s1. The maximum atomic E-state index is 11.5. The van der Waals surface area contributed by atoms with Crippen molar-refractivity contribution in [1.82, 2.24) is 4.98 Å². The number of piperidine rings is 1. The van der Waals surface area contributed by atoms with Crippen LogP contribution in [0.15, 0.2) is 18.3 Å². The first-order valence-electron chi connectivity index (χ1n) is 6.23. The molecule has 2 rings (SSSR count). The molecule has 1 aromatic rings. The Labute approximate surface area is 112 Å². The van der Waals surface area contributed by atoms with Gasteiger partial charge in [0.1, 0.15) is 5.69 Å². The summed E-state index contributed by atoms with van der Waals surface area (Å²) in [6.07, 6.45) is 2.47. The zero-order valence-corrected chi connectivity index (χ0v) is 11.2. The Balaban J connectivity index is 2.15. The van der Waals surface area contributed by atoms with Gasteiger partial charge in [0.05, 0.1) is 13.2 Å². The van der Waals surface area contributed by atoms with E-state index >= 15 is 0 Å². The van der Waals surface area contributed by atoms with Crippen molar-refractivity contribution in [3.05, 3.63) is 24.0 Å². The SMILES string of the molecule is COC(=O)c1cc(N2CC[C@H](N)[C@H](OC)C2)ccn1. The van der Waals surface area contributed by atoms with E-state index in [9.17, 15) is 4.79 Å². The van der Waals surface area contributed by atoms with Gasteiger partial charge in [0, 0.05) is 38.1 Å². The third kappa shape index (κ3) is 3.02. The van der Waals surface area contributed by atoms with E-state index in [1.165, 1.54) is 7.11 Å². The number of nitrogens with zero attached hydrogens (tertiary/aromatic N) is 2. The Kier molecular flexibility index (Phi) is 4.34. The molecule has 1 aromatic heterocycles. The van der Waals surface area contributed by atoms with E-state index in [4.69, 9.17) is 10.5 Å². The monoisotopic (exact) mass is 265 g/mol. The van der Waals surface area contributed by atoms with E-state index in [-0.39, 0.29) is 12.1 Å². The number of esters is 1. The van der Waals surface area contributed by atoms with Gasteiger partial charge in [0.25, 0.3) is 0 Å². The van der Waals surface area contributed by atoms with Gasteiger partial charge in [-0.15, -0.1) is 0 Å². The molecule has 1 saturated heterocycles. The number of anilines is 1. The fourth-order valence-electron chi connectivity index (χ4n) is 2.25. The van der Waals surface area contributed by atoms with Crippen LogP contribution in [0.2, 0.25) is 0 Å². The topological polar surface area (TPSA) is 77.7 Å². The summed E-state index contributed by atoms with van der Waals surface area (Å²) >= 11 is 0. The molecule has 6 nitrogen and oxygen atoms in total. The van der Waals surface area contributed by atoms with E-state index in [2.05, 4.69) is 14.6 Å². The number of carbonyl (C=O) groups excluding carboxylic acids is 1. The minimum Gasteiger partial charge on any atom is -0.464 e. The lowest BCUT2D eigenvalue weighted by Crippen LogP contribution is -2.51. The molecule has 0 amide bonds. The van der Waals surface area contributed by atoms with Crippen molar-refractivity contribution in [1.29, 1.82) is 0 Å². The lowest BCUT2D eigenvalue weighted by Gasteiger charge is -2.37. The molecule has 1 fully saturated rings. The highest BCUT2D eigenvalue weighted by molar-refractivity contribution is 5.88. The molecule has 0 aromatic carbocycles. The summed E-state index contributed by atoms with van der Waals surface area (Å²) in [6.45, 7) is 1.55. The first-order chi connectivity index (χ1) is 9.15. The maximum Gasteiger partial charge on any atom is 0.356 e. The number of methoxy groups -OCH3 is 2. The maximum absolute atomic E-state index is 11.5. The van der Waals surface area contributed by atoms with E-state index in [1.807, 2.05) is 6.07 Å². The summed E-state index contributed by atoms with van der Waals surface area (Å²) in [5.74, 6) is -0.432. The van der Waals surface area contributed by atoms with Crippen LogP contribution in [0, 0.1) is 0 Å². The highest BCUT2D eigenvalue weighted by Crippen LogP contribution is 2.21. The second kappa shape index (κ2) is 5.99. The van der Waals surface area contributed by atoms with Crippen LogP contribution >= 0.6 is 0 Å². The number of ether oxygens (including phenoxy) is 2. The average Bonchev–Trinajstić information content (AvgIpc) is 2.47. The van der Waals surface area contributed by atoms with Gasteiger partial charge in [0.2, 0.25) is 0 Å². The van der Waals surface area contributed by atoms with Gasteiger partial charge < -0.3 is 20.1 Å². The van der Waals surface area contributed by atoms with Crippen molar-refractivity contribution in [2.75, 3.05) is 32.2 Å². The molecular weight excluding hydrogens is 246 g/mol. The quantitative estimate of drug-likeness (QED) is 0.798. The molecule has 2 N–H and O–H groups in total. The van der Waals surface area contributed by atoms with Crippen LogP contribution in [0.3, 0.4) is 0 Å². The Morgan fingerprint density at radius 1 is 1.53 bits per heavy atom. The molecule has 0 bridgehead atoms. The average molecular weight is 265 g/mol. The fraction of sp³-hybridized carbons (Fsp3) is 0.538. The number of rotatable bonds is 3. The first-order valence-corrected chi connectivity index (χ1v) is 6.23. The van der Waals surface area contributed by atoms with Crippen LogP contribution in [0.5, 0.6) is 0 Å². The van der Waals surface area contributed by atoms with Gasteiger partial charge in [-0.1, -0.05) is 0 Å². The largest absolute Gasteiger partial charge is 0.464 e. The zero-order valence-electron chi connectivity index (χ0n) is 11.2. The van der Waals surface area contributed by atoms with Crippen molar-refractivity contribution in [3.63, 3.8) is 0 Å². The molecule has 2 heterocycles. The number of carbonyl (C=O) groups is 1. The molecule has 6 heteroatoms. The van der Waals surface area contributed by atoms with E-state index in [0.29, 0.717) is 12.2 Å². The van der Waals surface area contributed by atoms with Crippen molar-refractivity contribution in [2.24, 2.45) is 5.73 Å². The normalized spacial score (nSPS) is 23.2. The van der Waals surface area contributed by atoms with E-state index in [1.54, 1.807) is 19.4 Å². The van der Waals surface area contributed by atoms with Crippen LogP contribution in [-0.2, 0) is 9.47 Å². The minimum absolute atomic E-state index is 0.00323. The molecule has 0 radical (unpaired) electrons. The molecule has 0 saturated carbocycles. The lowest BCUT2D eigenvalue weighted by atomic mass is 10.0. The predicted octanol–water partition coefficient (Wildman–Crippen LogP) is 0.421. The Morgan fingerprint density at radius 2 is 2.32 bits per heavy atom. The molecule has 0 aliphatic carbocycles. The third-order valence-corrected chi connectivity index (χ3v) is 3.42. The Hall–Kier alpha value is -1.66. The summed E-state index contributed by atoms with van der Waals surface area (Å²) in [4.78, 5) is 17.6. The number of pyridine rings is 1. The van der Waals surface area contributed by atoms with Gasteiger partial charge in [-0.05, 0) is 18.6 Å². The van der Waals surface area contributed by atoms with E-state index in [0.717, 1.165) is 18.7 Å². The van der Waals surface area contributed by atoms with Crippen molar-refractivity contribution >= 4 is 11.7 Å². The molecule has 1 aliphatic rings. The zero-order chi connectivity index (χ0) is 13.8. The van der Waals surface area contributed by atoms with Gasteiger partial charge in [-0.25, -0.2) is 9.78 Å². The molecule has 0 unspecified atom stereocenters. The van der Waals surface area contributed by atoms with Crippen LogP contribution in [0.4, 0.5) is 5.69 Å². The van der Waals surface area contributed by atoms with Crippen LogP contribution in [0.25, 0.3) is 0 Å². The number of hydrogen-bond acceptors (Lipinski definition) is 6. The molecule has 0 spiro atoms. The summed E-state index contributed by atoms with van der Waals surface area (Å²) in [7, 11) is 3.01. The summed E-state index contributed by atoms with van der Waals surface area (Å²) in [6, 6.07) is 3.66. The van der Waals surface area contributed by atoms with Gasteiger partial charge in [0.15, 0.2) is 0 Å². The highest BCUT2D eigenvalue weighted by Gasteiger charge is 2.27. The van der Waals surface area contributed by atoms with E-state index < -0.39 is 5.97 Å². The van der Waals surface area contributed by atoms with Gasteiger partial charge in [-0.2, -0.15) is 0 Å². The molecule has 1 aliphatic heterocycles. The Morgan fingerprint density at radius 3 is 3.00 bits per heavy atom. The lowest BCUT2D eigenvalue weighted by molar-refractivity contribution is 0.0594. The van der Waals surface area contributed by atoms with Crippen molar-refractivity contribution in [2.45, 2.75) is 18.6 Å². The second-order valence-electron chi connectivity index (χ2n) is 4.56. The number of hydrogen-bond donors (Lipinski definition) is 1. The second-order valence-corrected chi connectivity index (χ2v) is 4.56. The van der Waals surface area contributed by atoms with Crippen LogP contribution in [-0.4, -0.2) is 50.4 Å². The van der Waals surface area contributed by atoms with Crippen LogP contribution in [0.1, 0.15) is 16.9 Å².